The van der Waals surface area contributed by atoms with E-state index in [1.165, 1.54) is 42.4 Å². The molecule has 0 saturated heterocycles. The lowest BCUT2D eigenvalue weighted by atomic mass is 9.83. The predicted octanol–water partition coefficient (Wildman–Crippen LogP) is 5.53. The summed E-state index contributed by atoms with van der Waals surface area (Å²) in [6, 6.07) is 6.96. The molecule has 19 heavy (non-hydrogen) atoms. The summed E-state index contributed by atoms with van der Waals surface area (Å²) in [5, 5.41) is 0.242. The first-order valence-electron chi connectivity index (χ1n) is 7.98. The van der Waals surface area contributed by atoms with Gasteiger partial charge in [0.25, 0.3) is 0 Å². The summed E-state index contributed by atoms with van der Waals surface area (Å²) in [6.07, 6.45) is 7.95. The van der Waals surface area contributed by atoms with Crippen LogP contribution in [-0.4, -0.2) is 0 Å². The van der Waals surface area contributed by atoms with Gasteiger partial charge in [0.1, 0.15) is 0 Å². The van der Waals surface area contributed by atoms with Crippen molar-refractivity contribution in [1.29, 1.82) is 0 Å². The van der Waals surface area contributed by atoms with E-state index < -0.39 is 0 Å². The standard InChI is InChI=1S/C18H25Cl/c1-3-13-7-8-16(11-14(13)4-2)18(19)17-10-12-5-6-15(17)9-12/h7-8,11-12,15,17-18H,3-6,9-10H2,1-2H3. The number of benzene rings is 1. The van der Waals surface area contributed by atoms with Crippen molar-refractivity contribution in [2.24, 2.45) is 17.8 Å². The van der Waals surface area contributed by atoms with Gasteiger partial charge in [-0.05, 0) is 66.5 Å². The van der Waals surface area contributed by atoms with Crippen LogP contribution in [0.5, 0.6) is 0 Å². The molecule has 0 N–H and O–H groups in total. The van der Waals surface area contributed by atoms with Crippen LogP contribution in [0.3, 0.4) is 0 Å². The van der Waals surface area contributed by atoms with E-state index in [2.05, 4.69) is 32.0 Å². The fraction of sp³-hybridized carbons (Fsp3) is 0.667. The number of rotatable bonds is 4. The van der Waals surface area contributed by atoms with Gasteiger partial charge in [0.15, 0.2) is 0 Å². The second kappa shape index (κ2) is 5.48. The molecule has 4 unspecified atom stereocenters. The predicted molar refractivity (Wildman–Crippen MR) is 82.7 cm³/mol. The monoisotopic (exact) mass is 276 g/mol. The lowest BCUT2D eigenvalue weighted by molar-refractivity contribution is 0.323. The van der Waals surface area contributed by atoms with E-state index in [-0.39, 0.29) is 5.38 Å². The SMILES string of the molecule is CCc1ccc(C(Cl)C2CC3CCC2C3)cc1CC. The molecule has 0 amide bonds. The molecule has 2 fully saturated rings. The Labute approximate surface area is 122 Å². The van der Waals surface area contributed by atoms with Gasteiger partial charge >= 0.3 is 0 Å². The molecule has 0 aromatic heterocycles. The van der Waals surface area contributed by atoms with Gasteiger partial charge in [-0.3, -0.25) is 0 Å². The molecule has 0 heterocycles. The summed E-state index contributed by atoms with van der Waals surface area (Å²) in [4.78, 5) is 0. The maximum atomic E-state index is 6.83. The molecular formula is C18H25Cl. The molecule has 0 aliphatic heterocycles. The van der Waals surface area contributed by atoms with E-state index in [9.17, 15) is 0 Å². The van der Waals surface area contributed by atoms with Crippen LogP contribution in [0.4, 0.5) is 0 Å². The van der Waals surface area contributed by atoms with Gasteiger partial charge in [0.2, 0.25) is 0 Å². The third kappa shape index (κ3) is 2.44. The smallest absolute Gasteiger partial charge is 0.0616 e. The lowest BCUT2D eigenvalue weighted by Gasteiger charge is -2.27. The first-order valence-corrected chi connectivity index (χ1v) is 8.42. The molecule has 4 atom stereocenters. The average molecular weight is 277 g/mol. The van der Waals surface area contributed by atoms with E-state index >= 15 is 0 Å². The molecule has 0 nitrogen and oxygen atoms in total. The topological polar surface area (TPSA) is 0 Å². The zero-order valence-corrected chi connectivity index (χ0v) is 12.9. The van der Waals surface area contributed by atoms with Crippen molar-refractivity contribution in [1.82, 2.24) is 0 Å². The largest absolute Gasteiger partial charge is 0.118 e. The minimum atomic E-state index is 0.242. The molecule has 0 spiro atoms. The third-order valence-electron chi connectivity index (χ3n) is 5.48. The van der Waals surface area contributed by atoms with Gasteiger partial charge in [0.05, 0.1) is 5.38 Å². The van der Waals surface area contributed by atoms with Gasteiger partial charge in [0, 0.05) is 0 Å². The van der Waals surface area contributed by atoms with E-state index in [1.54, 1.807) is 0 Å². The van der Waals surface area contributed by atoms with Gasteiger partial charge < -0.3 is 0 Å². The highest BCUT2D eigenvalue weighted by molar-refractivity contribution is 6.21. The summed E-state index contributed by atoms with van der Waals surface area (Å²) in [5.41, 5.74) is 4.35. The van der Waals surface area contributed by atoms with Crippen LogP contribution in [0.25, 0.3) is 0 Å². The van der Waals surface area contributed by atoms with Gasteiger partial charge in [-0.25, -0.2) is 0 Å². The molecule has 1 aromatic rings. The quantitative estimate of drug-likeness (QED) is 0.635. The maximum absolute atomic E-state index is 6.83. The third-order valence-corrected chi connectivity index (χ3v) is 6.05. The molecule has 1 heteroatoms. The molecule has 3 rings (SSSR count). The Morgan fingerprint density at radius 1 is 1.11 bits per heavy atom. The molecule has 2 aliphatic carbocycles. The number of aryl methyl sites for hydroxylation is 2. The number of alkyl halides is 1. The van der Waals surface area contributed by atoms with Crippen molar-refractivity contribution in [3.05, 3.63) is 34.9 Å². The molecule has 0 radical (unpaired) electrons. The highest BCUT2D eigenvalue weighted by Gasteiger charge is 2.42. The van der Waals surface area contributed by atoms with Crippen molar-refractivity contribution in [2.45, 2.75) is 57.7 Å². The molecule has 2 saturated carbocycles. The molecule has 2 aliphatic rings. The lowest BCUT2D eigenvalue weighted by Crippen LogP contribution is -2.16. The Morgan fingerprint density at radius 3 is 2.47 bits per heavy atom. The number of hydrogen-bond acceptors (Lipinski definition) is 0. The first-order chi connectivity index (χ1) is 9.22. The number of hydrogen-bond donors (Lipinski definition) is 0. The molecular weight excluding hydrogens is 252 g/mol. The second-order valence-corrected chi connectivity index (χ2v) is 6.95. The number of fused-ring (bicyclic) bond motifs is 2. The van der Waals surface area contributed by atoms with Gasteiger partial charge in [-0.2, -0.15) is 0 Å². The maximum Gasteiger partial charge on any atom is 0.0616 e. The van der Waals surface area contributed by atoms with E-state index in [1.807, 2.05) is 0 Å². The summed E-state index contributed by atoms with van der Waals surface area (Å²) < 4.78 is 0. The second-order valence-electron chi connectivity index (χ2n) is 6.48. The van der Waals surface area contributed by atoms with E-state index in [0.717, 1.165) is 30.6 Å². The first kappa shape index (κ1) is 13.5. The molecule has 2 bridgehead atoms. The summed E-state index contributed by atoms with van der Waals surface area (Å²) >= 11 is 6.83. The Morgan fingerprint density at radius 2 is 1.89 bits per heavy atom. The van der Waals surface area contributed by atoms with Crippen molar-refractivity contribution in [3.8, 4) is 0 Å². The highest BCUT2D eigenvalue weighted by Crippen LogP contribution is 2.54. The number of halogens is 1. The molecule has 104 valence electrons. The fourth-order valence-corrected chi connectivity index (χ4v) is 4.84. The summed E-state index contributed by atoms with van der Waals surface area (Å²) in [6.45, 7) is 4.49. The van der Waals surface area contributed by atoms with Crippen molar-refractivity contribution >= 4 is 11.6 Å². The van der Waals surface area contributed by atoms with Crippen LogP contribution >= 0.6 is 11.6 Å². The zero-order chi connectivity index (χ0) is 13.4. The highest BCUT2D eigenvalue weighted by atomic mass is 35.5. The normalized spacial score (nSPS) is 30.8. The average Bonchev–Trinajstić information content (AvgIpc) is 3.08. The van der Waals surface area contributed by atoms with Crippen LogP contribution < -0.4 is 0 Å². The van der Waals surface area contributed by atoms with E-state index in [0.29, 0.717) is 0 Å². The minimum Gasteiger partial charge on any atom is -0.118 e. The van der Waals surface area contributed by atoms with Crippen molar-refractivity contribution in [3.63, 3.8) is 0 Å². The Kier molecular flexibility index (Phi) is 3.89. The Hall–Kier alpha value is -0.490. The Balaban J connectivity index is 1.81. The minimum absolute atomic E-state index is 0.242. The fourth-order valence-electron chi connectivity index (χ4n) is 4.39. The summed E-state index contributed by atoms with van der Waals surface area (Å²) in [7, 11) is 0. The van der Waals surface area contributed by atoms with Crippen LogP contribution in [0.1, 0.15) is 61.6 Å². The van der Waals surface area contributed by atoms with Crippen molar-refractivity contribution < 1.29 is 0 Å². The Bertz CT molecular complexity index is 451. The van der Waals surface area contributed by atoms with Crippen LogP contribution in [-0.2, 0) is 12.8 Å². The van der Waals surface area contributed by atoms with Crippen LogP contribution in [0.2, 0.25) is 0 Å². The summed E-state index contributed by atoms with van der Waals surface area (Å²) in [5.74, 6) is 2.62. The molecule has 1 aromatic carbocycles. The zero-order valence-electron chi connectivity index (χ0n) is 12.2. The van der Waals surface area contributed by atoms with Crippen LogP contribution in [0, 0.1) is 17.8 Å². The van der Waals surface area contributed by atoms with Crippen molar-refractivity contribution in [2.75, 3.05) is 0 Å². The van der Waals surface area contributed by atoms with Gasteiger partial charge in [-0.15, -0.1) is 11.6 Å². The van der Waals surface area contributed by atoms with E-state index in [4.69, 9.17) is 11.6 Å². The van der Waals surface area contributed by atoms with Crippen LogP contribution in [0.15, 0.2) is 18.2 Å². The van der Waals surface area contributed by atoms with Gasteiger partial charge in [-0.1, -0.05) is 38.5 Å².